The van der Waals surface area contributed by atoms with Crippen LogP contribution in [0.1, 0.15) is 20.7 Å². The van der Waals surface area contributed by atoms with Gasteiger partial charge in [-0.25, -0.2) is 4.79 Å². The molecule has 112 valence electrons. The molecule has 0 radical (unpaired) electrons. The van der Waals surface area contributed by atoms with Crippen LogP contribution in [0.5, 0.6) is 5.75 Å². The number of aromatic carboxylic acids is 1. The second kappa shape index (κ2) is 5.92. The molecule has 0 saturated carbocycles. The zero-order chi connectivity index (χ0) is 16.3. The van der Waals surface area contributed by atoms with Gasteiger partial charge in [0, 0.05) is 12.1 Å². The fourth-order valence-electron chi connectivity index (χ4n) is 1.79. The topological polar surface area (TPSA) is 130 Å². The number of non-ortho nitro benzene ring substituents is 1. The molecule has 0 aromatic heterocycles. The van der Waals surface area contributed by atoms with Crippen LogP contribution < -0.4 is 5.32 Å². The molecule has 2 rings (SSSR count). The van der Waals surface area contributed by atoms with Crippen LogP contribution in [0.4, 0.5) is 11.4 Å². The van der Waals surface area contributed by atoms with Crippen molar-refractivity contribution in [2.75, 3.05) is 5.32 Å². The Labute approximate surface area is 123 Å². The van der Waals surface area contributed by atoms with E-state index in [4.69, 9.17) is 5.11 Å². The first-order valence-electron chi connectivity index (χ1n) is 6.01. The highest BCUT2D eigenvalue weighted by atomic mass is 16.6. The number of hydrogen-bond donors (Lipinski definition) is 3. The van der Waals surface area contributed by atoms with Gasteiger partial charge in [0.05, 0.1) is 21.7 Å². The van der Waals surface area contributed by atoms with Gasteiger partial charge < -0.3 is 15.5 Å². The van der Waals surface area contributed by atoms with E-state index in [1.165, 1.54) is 12.1 Å². The van der Waals surface area contributed by atoms with Crippen molar-refractivity contribution in [3.05, 3.63) is 63.7 Å². The average Bonchev–Trinajstić information content (AvgIpc) is 2.48. The maximum atomic E-state index is 12.1. The number of benzene rings is 2. The molecule has 1 amide bonds. The van der Waals surface area contributed by atoms with Gasteiger partial charge in [-0.1, -0.05) is 12.1 Å². The predicted molar refractivity (Wildman–Crippen MR) is 76.1 cm³/mol. The van der Waals surface area contributed by atoms with Crippen molar-refractivity contribution in [2.45, 2.75) is 0 Å². The number of carbonyl (C=O) groups excluding carboxylic acids is 1. The Morgan fingerprint density at radius 1 is 1.09 bits per heavy atom. The second-order valence-electron chi connectivity index (χ2n) is 4.26. The van der Waals surface area contributed by atoms with E-state index in [9.17, 15) is 24.8 Å². The van der Waals surface area contributed by atoms with E-state index in [1.54, 1.807) is 12.1 Å². The fraction of sp³-hybridized carbons (Fsp3) is 0. The average molecular weight is 302 g/mol. The van der Waals surface area contributed by atoms with E-state index in [2.05, 4.69) is 5.32 Å². The standard InChI is InChI=1S/C14H10N2O6/c17-12-4-2-1-3-11(12)15-13(18)9-6-5-8(16(21)22)7-10(9)14(19)20/h1-7,17H,(H,15,18)(H,19,20). The van der Waals surface area contributed by atoms with Crippen molar-refractivity contribution < 1.29 is 24.7 Å². The molecular weight excluding hydrogens is 292 g/mol. The first-order chi connectivity index (χ1) is 10.4. The van der Waals surface area contributed by atoms with Gasteiger partial charge in [-0.05, 0) is 18.2 Å². The number of carboxylic acid groups (broad SMARTS) is 1. The molecule has 22 heavy (non-hydrogen) atoms. The number of carboxylic acids is 1. The normalized spacial score (nSPS) is 10.0. The zero-order valence-electron chi connectivity index (χ0n) is 11.0. The molecule has 0 aliphatic rings. The molecule has 0 heterocycles. The molecule has 8 nitrogen and oxygen atoms in total. The third kappa shape index (κ3) is 3.01. The first kappa shape index (κ1) is 15.0. The SMILES string of the molecule is O=C(O)c1cc([N+](=O)[O-])ccc1C(=O)Nc1ccccc1O. The molecule has 3 N–H and O–H groups in total. The summed E-state index contributed by atoms with van der Waals surface area (Å²) in [4.78, 5) is 33.2. The van der Waals surface area contributed by atoms with E-state index in [0.717, 1.165) is 18.2 Å². The van der Waals surface area contributed by atoms with Crippen molar-refractivity contribution in [1.82, 2.24) is 0 Å². The number of para-hydroxylation sites is 2. The van der Waals surface area contributed by atoms with Gasteiger partial charge in [0.1, 0.15) is 5.75 Å². The number of nitrogens with zero attached hydrogens (tertiary/aromatic N) is 1. The zero-order valence-corrected chi connectivity index (χ0v) is 11.0. The summed E-state index contributed by atoms with van der Waals surface area (Å²) in [6.45, 7) is 0. The van der Waals surface area contributed by atoms with Crippen LogP contribution in [0.2, 0.25) is 0 Å². The number of hydrogen-bond acceptors (Lipinski definition) is 5. The maximum absolute atomic E-state index is 12.1. The third-order valence-corrected chi connectivity index (χ3v) is 2.84. The second-order valence-corrected chi connectivity index (χ2v) is 4.26. The van der Waals surface area contributed by atoms with Gasteiger partial charge in [0.25, 0.3) is 11.6 Å². The largest absolute Gasteiger partial charge is 0.506 e. The molecular formula is C14H10N2O6. The van der Waals surface area contributed by atoms with Crippen LogP contribution in [0.3, 0.4) is 0 Å². The number of anilines is 1. The van der Waals surface area contributed by atoms with E-state index in [0.29, 0.717) is 0 Å². The highest BCUT2D eigenvalue weighted by Crippen LogP contribution is 2.24. The van der Waals surface area contributed by atoms with Crippen molar-refractivity contribution in [2.24, 2.45) is 0 Å². The number of nitrogens with one attached hydrogen (secondary N) is 1. The minimum atomic E-state index is -1.47. The number of phenols is 1. The summed E-state index contributed by atoms with van der Waals surface area (Å²) in [5.74, 6) is -2.45. The van der Waals surface area contributed by atoms with Gasteiger partial charge in [0.2, 0.25) is 0 Å². The molecule has 8 heteroatoms. The quantitative estimate of drug-likeness (QED) is 0.451. The van der Waals surface area contributed by atoms with Crippen molar-refractivity contribution in [1.29, 1.82) is 0 Å². The Morgan fingerprint density at radius 2 is 1.77 bits per heavy atom. The Morgan fingerprint density at radius 3 is 2.36 bits per heavy atom. The summed E-state index contributed by atoms with van der Waals surface area (Å²) in [6.07, 6.45) is 0. The van der Waals surface area contributed by atoms with E-state index < -0.39 is 28.1 Å². The van der Waals surface area contributed by atoms with Crippen LogP contribution in [0, 0.1) is 10.1 Å². The highest BCUT2D eigenvalue weighted by molar-refractivity contribution is 6.11. The minimum Gasteiger partial charge on any atom is -0.506 e. The smallest absolute Gasteiger partial charge is 0.336 e. The maximum Gasteiger partial charge on any atom is 0.336 e. The van der Waals surface area contributed by atoms with E-state index >= 15 is 0 Å². The number of aromatic hydroxyl groups is 1. The van der Waals surface area contributed by atoms with Gasteiger partial charge in [-0.15, -0.1) is 0 Å². The molecule has 0 saturated heterocycles. The lowest BCUT2D eigenvalue weighted by atomic mass is 10.1. The molecule has 0 aliphatic carbocycles. The Balaban J connectivity index is 2.39. The molecule has 0 spiro atoms. The summed E-state index contributed by atoms with van der Waals surface area (Å²) in [7, 11) is 0. The van der Waals surface area contributed by atoms with Gasteiger partial charge in [-0.2, -0.15) is 0 Å². The predicted octanol–water partition coefficient (Wildman–Crippen LogP) is 2.25. The number of carbonyl (C=O) groups is 2. The lowest BCUT2D eigenvalue weighted by Gasteiger charge is -2.09. The molecule has 0 unspecified atom stereocenters. The monoisotopic (exact) mass is 302 g/mol. The number of nitro benzene ring substituents is 1. The molecule has 0 fully saturated rings. The molecule has 0 aliphatic heterocycles. The number of amides is 1. The van der Waals surface area contributed by atoms with Crippen molar-refractivity contribution in [3.8, 4) is 5.75 Å². The minimum absolute atomic E-state index is 0.0993. The molecule has 2 aromatic rings. The molecule has 0 atom stereocenters. The number of phenolic OH excluding ortho intramolecular Hbond substituents is 1. The third-order valence-electron chi connectivity index (χ3n) is 2.84. The Bertz CT molecular complexity index is 772. The van der Waals surface area contributed by atoms with Crippen molar-refractivity contribution >= 4 is 23.3 Å². The summed E-state index contributed by atoms with van der Waals surface area (Å²) in [5.41, 5.74) is -1.08. The summed E-state index contributed by atoms with van der Waals surface area (Å²) in [6, 6.07) is 8.80. The van der Waals surface area contributed by atoms with Crippen LogP contribution in [-0.2, 0) is 0 Å². The van der Waals surface area contributed by atoms with E-state index in [1.807, 2.05) is 0 Å². The van der Waals surface area contributed by atoms with Crippen molar-refractivity contribution in [3.63, 3.8) is 0 Å². The van der Waals surface area contributed by atoms with Crippen LogP contribution in [-0.4, -0.2) is 27.0 Å². The van der Waals surface area contributed by atoms with Crippen LogP contribution >= 0.6 is 0 Å². The first-order valence-corrected chi connectivity index (χ1v) is 6.01. The molecule has 2 aromatic carbocycles. The lowest BCUT2D eigenvalue weighted by molar-refractivity contribution is -0.384. The summed E-state index contributed by atoms with van der Waals surface area (Å²) >= 11 is 0. The highest BCUT2D eigenvalue weighted by Gasteiger charge is 2.21. The van der Waals surface area contributed by atoms with Gasteiger partial charge >= 0.3 is 5.97 Å². The lowest BCUT2D eigenvalue weighted by Crippen LogP contribution is -2.16. The fourth-order valence-corrected chi connectivity index (χ4v) is 1.79. The number of rotatable bonds is 4. The number of nitro groups is 1. The van der Waals surface area contributed by atoms with Gasteiger partial charge in [-0.3, -0.25) is 14.9 Å². The van der Waals surface area contributed by atoms with Crippen LogP contribution in [0.15, 0.2) is 42.5 Å². The van der Waals surface area contributed by atoms with E-state index in [-0.39, 0.29) is 17.0 Å². The summed E-state index contributed by atoms with van der Waals surface area (Å²) < 4.78 is 0. The Kier molecular flexibility index (Phi) is 4.03. The van der Waals surface area contributed by atoms with Crippen LogP contribution in [0.25, 0.3) is 0 Å². The van der Waals surface area contributed by atoms with Gasteiger partial charge in [0.15, 0.2) is 0 Å². The Hall–Kier alpha value is -3.42. The summed E-state index contributed by atoms with van der Waals surface area (Å²) in [5, 5.41) is 31.7. The molecule has 0 bridgehead atoms.